The highest BCUT2D eigenvalue weighted by Crippen LogP contribution is 2.27. The Labute approximate surface area is 131 Å². The van der Waals surface area contributed by atoms with Crippen LogP contribution in [0.1, 0.15) is 16.8 Å². The second kappa shape index (κ2) is 8.54. The van der Waals surface area contributed by atoms with Gasteiger partial charge >= 0.3 is 0 Å². The summed E-state index contributed by atoms with van der Waals surface area (Å²) in [6.45, 7) is 2.44. The molecular formula is C15H21ClN2O3. The highest BCUT2D eigenvalue weighted by Gasteiger charge is 2.11. The number of rotatable bonds is 5. The molecule has 2 rings (SSSR count). The maximum Gasteiger partial charge on any atom is 0.251 e. The lowest BCUT2D eigenvalue weighted by Gasteiger charge is -2.15. The zero-order valence-electron chi connectivity index (χ0n) is 12.3. The predicted octanol–water partition coefficient (Wildman–Crippen LogP) is 1.78. The predicted molar refractivity (Wildman–Crippen MR) is 84.7 cm³/mol. The average molecular weight is 313 g/mol. The van der Waals surface area contributed by atoms with Gasteiger partial charge in [-0.25, -0.2) is 0 Å². The van der Waals surface area contributed by atoms with Crippen molar-refractivity contribution in [2.45, 2.75) is 6.42 Å². The Kier molecular flexibility index (Phi) is 7.05. The molecule has 1 aromatic carbocycles. The van der Waals surface area contributed by atoms with Crippen LogP contribution in [0.4, 0.5) is 0 Å². The molecule has 1 heterocycles. The topological polar surface area (TPSA) is 59.6 Å². The molecule has 2 N–H and O–H groups in total. The van der Waals surface area contributed by atoms with Crippen molar-refractivity contribution in [1.29, 1.82) is 0 Å². The van der Waals surface area contributed by atoms with Gasteiger partial charge in [0.2, 0.25) is 0 Å². The molecule has 0 saturated heterocycles. The van der Waals surface area contributed by atoms with Gasteiger partial charge in [-0.1, -0.05) is 11.6 Å². The largest absolute Gasteiger partial charge is 0.493 e. The summed E-state index contributed by atoms with van der Waals surface area (Å²) in [5.41, 5.74) is 1.83. The van der Waals surface area contributed by atoms with Crippen LogP contribution in [-0.4, -0.2) is 39.8 Å². The van der Waals surface area contributed by atoms with Gasteiger partial charge in [0.1, 0.15) is 0 Å². The first-order valence-electron chi connectivity index (χ1n) is 6.63. The normalized spacial score (nSPS) is 13.7. The van der Waals surface area contributed by atoms with Gasteiger partial charge in [0.05, 0.1) is 14.2 Å². The van der Waals surface area contributed by atoms with Gasteiger partial charge in [-0.15, -0.1) is 12.4 Å². The number of hydrogen-bond donors (Lipinski definition) is 2. The van der Waals surface area contributed by atoms with E-state index >= 15 is 0 Å². The van der Waals surface area contributed by atoms with E-state index in [1.807, 2.05) is 0 Å². The summed E-state index contributed by atoms with van der Waals surface area (Å²) in [5.74, 6) is 1.07. The van der Waals surface area contributed by atoms with Gasteiger partial charge in [-0.2, -0.15) is 0 Å². The van der Waals surface area contributed by atoms with Gasteiger partial charge < -0.3 is 20.1 Å². The molecule has 0 aliphatic carbocycles. The standard InChI is InChI=1S/C15H20N2O3.ClH/c1-19-13-4-3-12(9-14(13)20-2)15(18)17-10-11-5-7-16-8-6-11;/h3-5,9,16H,6-8,10H2,1-2H3,(H,17,18);1H. The first-order valence-corrected chi connectivity index (χ1v) is 6.63. The molecule has 1 amide bonds. The maximum atomic E-state index is 12.1. The van der Waals surface area contributed by atoms with E-state index in [1.54, 1.807) is 32.4 Å². The lowest BCUT2D eigenvalue weighted by molar-refractivity contribution is 0.0956. The molecule has 116 valence electrons. The molecule has 1 aromatic rings. The Bertz CT molecular complexity index is 518. The number of methoxy groups -OCH3 is 2. The number of nitrogens with one attached hydrogen (secondary N) is 2. The fourth-order valence-electron chi connectivity index (χ4n) is 2.10. The van der Waals surface area contributed by atoms with Crippen molar-refractivity contribution < 1.29 is 14.3 Å². The van der Waals surface area contributed by atoms with Crippen LogP contribution in [0.2, 0.25) is 0 Å². The summed E-state index contributed by atoms with van der Waals surface area (Å²) < 4.78 is 10.4. The third-order valence-corrected chi connectivity index (χ3v) is 3.28. The average Bonchev–Trinajstić information content (AvgIpc) is 2.52. The fraction of sp³-hybridized carbons (Fsp3) is 0.400. The molecule has 0 bridgehead atoms. The van der Waals surface area contributed by atoms with Crippen molar-refractivity contribution in [1.82, 2.24) is 10.6 Å². The van der Waals surface area contributed by atoms with Gasteiger partial charge in [0.25, 0.3) is 5.91 Å². The number of hydrogen-bond acceptors (Lipinski definition) is 4. The second-order valence-electron chi connectivity index (χ2n) is 4.57. The lowest BCUT2D eigenvalue weighted by atomic mass is 10.1. The summed E-state index contributed by atoms with van der Waals surface area (Å²) in [5, 5.41) is 6.17. The van der Waals surface area contributed by atoms with Crippen molar-refractivity contribution in [3.63, 3.8) is 0 Å². The van der Waals surface area contributed by atoms with Crippen molar-refractivity contribution >= 4 is 18.3 Å². The lowest BCUT2D eigenvalue weighted by Crippen LogP contribution is -2.29. The van der Waals surface area contributed by atoms with E-state index in [1.165, 1.54) is 5.57 Å². The van der Waals surface area contributed by atoms with Gasteiger partial charge in [-0.05, 0) is 31.2 Å². The number of ether oxygens (including phenoxy) is 2. The Hall–Kier alpha value is -1.72. The second-order valence-corrected chi connectivity index (χ2v) is 4.57. The van der Waals surface area contributed by atoms with Crippen LogP contribution in [0.25, 0.3) is 0 Å². The molecule has 0 atom stereocenters. The molecule has 1 aliphatic heterocycles. The number of carbonyl (C=O) groups is 1. The SMILES string of the molecule is COc1ccc(C(=O)NCC2=CCNCC2)cc1OC.Cl. The number of benzene rings is 1. The number of carbonyl (C=O) groups excluding carboxylic acids is 1. The molecule has 0 aromatic heterocycles. The van der Waals surface area contributed by atoms with Gasteiger partial charge in [0.15, 0.2) is 11.5 Å². The maximum absolute atomic E-state index is 12.1. The Balaban J connectivity index is 0.00000220. The highest BCUT2D eigenvalue weighted by atomic mass is 35.5. The minimum atomic E-state index is -0.106. The zero-order chi connectivity index (χ0) is 14.4. The highest BCUT2D eigenvalue weighted by molar-refractivity contribution is 5.95. The minimum absolute atomic E-state index is 0. The van der Waals surface area contributed by atoms with Crippen molar-refractivity contribution in [3.8, 4) is 11.5 Å². The van der Waals surface area contributed by atoms with E-state index in [-0.39, 0.29) is 18.3 Å². The molecule has 0 spiro atoms. The van der Waals surface area contributed by atoms with Crippen molar-refractivity contribution in [2.75, 3.05) is 33.9 Å². The quantitative estimate of drug-likeness (QED) is 0.814. The van der Waals surface area contributed by atoms with E-state index in [9.17, 15) is 4.79 Å². The fourth-order valence-corrected chi connectivity index (χ4v) is 2.10. The Morgan fingerprint density at radius 3 is 2.67 bits per heavy atom. The molecule has 21 heavy (non-hydrogen) atoms. The first-order chi connectivity index (χ1) is 9.74. The van der Waals surface area contributed by atoms with E-state index in [4.69, 9.17) is 9.47 Å². The Morgan fingerprint density at radius 2 is 2.05 bits per heavy atom. The third-order valence-electron chi connectivity index (χ3n) is 3.28. The van der Waals surface area contributed by atoms with Crippen LogP contribution in [0.5, 0.6) is 11.5 Å². The van der Waals surface area contributed by atoms with Crippen LogP contribution in [0, 0.1) is 0 Å². The molecule has 1 aliphatic rings. The van der Waals surface area contributed by atoms with Gasteiger partial charge in [-0.3, -0.25) is 4.79 Å². The summed E-state index contributed by atoms with van der Waals surface area (Å²) in [7, 11) is 3.13. The van der Waals surface area contributed by atoms with Crippen LogP contribution in [0.3, 0.4) is 0 Å². The first kappa shape index (κ1) is 17.3. The molecule has 0 unspecified atom stereocenters. The molecule has 0 fully saturated rings. The number of halogens is 1. The summed E-state index contributed by atoms with van der Waals surface area (Å²) >= 11 is 0. The molecule has 0 radical (unpaired) electrons. The summed E-state index contributed by atoms with van der Waals surface area (Å²) in [4.78, 5) is 12.1. The summed E-state index contributed by atoms with van der Waals surface area (Å²) in [6, 6.07) is 5.15. The summed E-state index contributed by atoms with van der Waals surface area (Å²) in [6.07, 6.45) is 3.10. The van der Waals surface area contributed by atoms with E-state index in [2.05, 4.69) is 16.7 Å². The molecular weight excluding hydrogens is 292 g/mol. The smallest absolute Gasteiger partial charge is 0.251 e. The minimum Gasteiger partial charge on any atom is -0.493 e. The van der Waals surface area contributed by atoms with Crippen LogP contribution >= 0.6 is 12.4 Å². The van der Waals surface area contributed by atoms with Crippen LogP contribution in [-0.2, 0) is 0 Å². The van der Waals surface area contributed by atoms with Gasteiger partial charge in [0, 0.05) is 18.7 Å². The number of amides is 1. The van der Waals surface area contributed by atoms with Crippen molar-refractivity contribution in [3.05, 3.63) is 35.4 Å². The Morgan fingerprint density at radius 1 is 1.29 bits per heavy atom. The monoisotopic (exact) mass is 312 g/mol. The van der Waals surface area contributed by atoms with Crippen molar-refractivity contribution in [2.24, 2.45) is 0 Å². The zero-order valence-corrected chi connectivity index (χ0v) is 13.1. The third kappa shape index (κ3) is 4.65. The molecule has 6 heteroatoms. The molecule has 0 saturated carbocycles. The van der Waals surface area contributed by atoms with E-state index in [0.717, 1.165) is 19.5 Å². The van der Waals surface area contributed by atoms with E-state index < -0.39 is 0 Å². The van der Waals surface area contributed by atoms with Crippen LogP contribution in [0.15, 0.2) is 29.8 Å². The molecule has 5 nitrogen and oxygen atoms in total. The van der Waals surface area contributed by atoms with E-state index in [0.29, 0.717) is 23.6 Å². The van der Waals surface area contributed by atoms with Crippen LogP contribution < -0.4 is 20.1 Å².